The number of para-hydroxylation sites is 1. The van der Waals surface area contributed by atoms with Gasteiger partial charge in [-0.1, -0.05) is 35.3 Å². The summed E-state index contributed by atoms with van der Waals surface area (Å²) in [4.78, 5) is 12.6. The van der Waals surface area contributed by atoms with E-state index in [4.69, 9.17) is 32.7 Å². The van der Waals surface area contributed by atoms with Crippen molar-refractivity contribution in [2.24, 2.45) is 0 Å². The topological polar surface area (TPSA) is 47.6 Å². The van der Waals surface area contributed by atoms with Gasteiger partial charge in [0, 0.05) is 16.8 Å². The summed E-state index contributed by atoms with van der Waals surface area (Å²) in [5.74, 6) is 0.229. The van der Waals surface area contributed by atoms with Gasteiger partial charge in [0.15, 0.2) is 0 Å². The van der Waals surface area contributed by atoms with Crippen molar-refractivity contribution < 1.29 is 18.7 Å². The molecule has 0 unspecified atom stereocenters. The lowest BCUT2D eigenvalue weighted by Gasteiger charge is -2.14. The summed E-state index contributed by atoms with van der Waals surface area (Å²) in [7, 11) is 0. The Balaban J connectivity index is 1.80. The number of rotatable bonds is 7. The maximum atomic E-state index is 13.3. The normalized spacial score (nSPS) is 10.5. The summed E-state index contributed by atoms with van der Waals surface area (Å²) in [6.45, 7) is 2.51. The highest BCUT2D eigenvalue weighted by molar-refractivity contribution is 6.32. The van der Waals surface area contributed by atoms with Crippen LogP contribution in [0.3, 0.4) is 0 Å². The van der Waals surface area contributed by atoms with Crippen molar-refractivity contribution in [3.05, 3.63) is 87.7 Å². The van der Waals surface area contributed by atoms with E-state index in [-0.39, 0.29) is 17.5 Å². The van der Waals surface area contributed by atoms with Crippen LogP contribution in [0.2, 0.25) is 10.0 Å². The van der Waals surface area contributed by atoms with E-state index < -0.39 is 5.82 Å². The van der Waals surface area contributed by atoms with Crippen molar-refractivity contribution in [3.8, 4) is 11.5 Å². The van der Waals surface area contributed by atoms with Crippen LogP contribution in [-0.4, -0.2) is 12.5 Å². The van der Waals surface area contributed by atoms with Gasteiger partial charge in [-0.15, -0.1) is 0 Å². The predicted octanol–water partition coefficient (Wildman–Crippen LogP) is 6.36. The molecule has 150 valence electrons. The van der Waals surface area contributed by atoms with Crippen molar-refractivity contribution in [1.29, 1.82) is 0 Å². The number of carbonyl (C=O) groups is 1. The second-order valence-electron chi connectivity index (χ2n) is 6.06. The molecule has 0 radical (unpaired) electrons. The average Bonchev–Trinajstić information content (AvgIpc) is 2.71. The summed E-state index contributed by atoms with van der Waals surface area (Å²) >= 11 is 11.9. The van der Waals surface area contributed by atoms with Gasteiger partial charge in [0.25, 0.3) is 5.91 Å². The van der Waals surface area contributed by atoms with Crippen molar-refractivity contribution in [3.63, 3.8) is 0 Å². The molecule has 0 aliphatic rings. The summed E-state index contributed by atoms with van der Waals surface area (Å²) in [6.07, 6.45) is 0. The number of amides is 1. The summed E-state index contributed by atoms with van der Waals surface area (Å²) in [6, 6.07) is 16.2. The maximum Gasteiger partial charge on any atom is 0.255 e. The minimum absolute atomic E-state index is 0.0664. The van der Waals surface area contributed by atoms with Gasteiger partial charge < -0.3 is 14.8 Å². The highest BCUT2D eigenvalue weighted by Gasteiger charge is 2.13. The maximum absolute atomic E-state index is 13.3. The molecule has 0 bridgehead atoms. The molecule has 29 heavy (non-hydrogen) atoms. The molecule has 0 aromatic heterocycles. The fourth-order valence-electron chi connectivity index (χ4n) is 2.62. The number of nitrogens with one attached hydrogen (secondary N) is 1. The Bertz CT molecular complexity index is 1030. The van der Waals surface area contributed by atoms with Gasteiger partial charge in [0.05, 0.1) is 16.7 Å². The number of halogens is 3. The van der Waals surface area contributed by atoms with Crippen LogP contribution in [0.1, 0.15) is 22.8 Å². The molecular formula is C22H18Cl2FNO3. The number of hydrogen-bond donors (Lipinski definition) is 1. The van der Waals surface area contributed by atoms with E-state index in [1.165, 1.54) is 18.2 Å². The molecule has 4 nitrogen and oxygen atoms in total. The van der Waals surface area contributed by atoms with Crippen LogP contribution >= 0.6 is 23.2 Å². The molecule has 3 aromatic rings. The fourth-order valence-corrected chi connectivity index (χ4v) is 3.00. The second kappa shape index (κ2) is 9.63. The smallest absolute Gasteiger partial charge is 0.255 e. The van der Waals surface area contributed by atoms with Crippen LogP contribution in [0.5, 0.6) is 11.5 Å². The van der Waals surface area contributed by atoms with Gasteiger partial charge in [0.1, 0.15) is 23.9 Å². The Morgan fingerprint density at radius 2 is 1.76 bits per heavy atom. The Labute approximate surface area is 178 Å². The summed E-state index contributed by atoms with van der Waals surface area (Å²) in [5.41, 5.74) is 1.48. The standard InChI is InChI=1S/C22H18Cl2FNO3/c1-2-28-20-10-7-14(22(27)26-16-8-9-19(25)18(24)12-16)11-15(20)13-29-21-6-4-3-5-17(21)23/h3-12H,2,13H2,1H3,(H,26,27). The lowest BCUT2D eigenvalue weighted by molar-refractivity contribution is 0.102. The number of ether oxygens (including phenoxy) is 2. The molecular weight excluding hydrogens is 416 g/mol. The van der Waals surface area contributed by atoms with Crippen molar-refractivity contribution in [2.75, 3.05) is 11.9 Å². The van der Waals surface area contributed by atoms with Gasteiger partial charge in [-0.2, -0.15) is 0 Å². The fraction of sp³-hybridized carbons (Fsp3) is 0.136. The lowest BCUT2D eigenvalue weighted by Crippen LogP contribution is -2.13. The average molecular weight is 434 g/mol. The number of benzene rings is 3. The van der Waals surface area contributed by atoms with Gasteiger partial charge in [0.2, 0.25) is 0 Å². The third-order valence-electron chi connectivity index (χ3n) is 4.02. The Hall–Kier alpha value is -2.76. The van der Waals surface area contributed by atoms with E-state index >= 15 is 0 Å². The van der Waals surface area contributed by atoms with Crippen LogP contribution in [0.4, 0.5) is 10.1 Å². The molecule has 0 spiro atoms. The van der Waals surface area contributed by atoms with Crippen LogP contribution in [0.25, 0.3) is 0 Å². The second-order valence-corrected chi connectivity index (χ2v) is 6.87. The number of hydrogen-bond acceptors (Lipinski definition) is 3. The van der Waals surface area contributed by atoms with Crippen LogP contribution in [0.15, 0.2) is 60.7 Å². The molecule has 0 aliphatic heterocycles. The van der Waals surface area contributed by atoms with Gasteiger partial charge >= 0.3 is 0 Å². The molecule has 1 N–H and O–H groups in total. The molecule has 7 heteroatoms. The Morgan fingerprint density at radius 3 is 2.48 bits per heavy atom. The molecule has 3 rings (SSSR count). The van der Waals surface area contributed by atoms with E-state index in [9.17, 15) is 9.18 Å². The van der Waals surface area contributed by atoms with E-state index in [2.05, 4.69) is 5.32 Å². The van der Waals surface area contributed by atoms with E-state index in [1.54, 1.807) is 30.3 Å². The van der Waals surface area contributed by atoms with E-state index in [0.29, 0.717) is 39.9 Å². The number of anilines is 1. The molecule has 3 aromatic carbocycles. The molecule has 0 aliphatic carbocycles. The first-order chi connectivity index (χ1) is 14.0. The van der Waals surface area contributed by atoms with E-state index in [0.717, 1.165) is 0 Å². The van der Waals surface area contributed by atoms with Crippen LogP contribution in [0, 0.1) is 5.82 Å². The zero-order valence-corrected chi connectivity index (χ0v) is 17.1. The summed E-state index contributed by atoms with van der Waals surface area (Å²) in [5, 5.41) is 3.12. The predicted molar refractivity (Wildman–Crippen MR) is 113 cm³/mol. The zero-order chi connectivity index (χ0) is 20.8. The van der Waals surface area contributed by atoms with Crippen molar-refractivity contribution in [1.82, 2.24) is 0 Å². The zero-order valence-electron chi connectivity index (χ0n) is 15.5. The molecule has 0 heterocycles. The highest BCUT2D eigenvalue weighted by Crippen LogP contribution is 2.27. The third-order valence-corrected chi connectivity index (χ3v) is 4.62. The molecule has 1 amide bonds. The van der Waals surface area contributed by atoms with Crippen molar-refractivity contribution in [2.45, 2.75) is 13.5 Å². The van der Waals surface area contributed by atoms with Crippen LogP contribution < -0.4 is 14.8 Å². The molecule has 0 saturated heterocycles. The molecule has 0 fully saturated rings. The lowest BCUT2D eigenvalue weighted by atomic mass is 10.1. The number of carbonyl (C=O) groups excluding carboxylic acids is 1. The minimum atomic E-state index is -0.551. The third kappa shape index (κ3) is 5.40. The van der Waals surface area contributed by atoms with Gasteiger partial charge in [-0.25, -0.2) is 4.39 Å². The molecule has 0 saturated carbocycles. The quantitative estimate of drug-likeness (QED) is 0.471. The first-order valence-corrected chi connectivity index (χ1v) is 9.63. The monoisotopic (exact) mass is 433 g/mol. The first-order valence-electron chi connectivity index (χ1n) is 8.87. The first kappa shape index (κ1) is 21.0. The molecule has 0 atom stereocenters. The Morgan fingerprint density at radius 1 is 0.966 bits per heavy atom. The Kier molecular flexibility index (Phi) is 6.96. The largest absolute Gasteiger partial charge is 0.493 e. The highest BCUT2D eigenvalue weighted by atomic mass is 35.5. The van der Waals surface area contributed by atoms with Crippen molar-refractivity contribution >= 4 is 34.8 Å². The van der Waals surface area contributed by atoms with Gasteiger partial charge in [-0.05, 0) is 55.5 Å². The SMILES string of the molecule is CCOc1ccc(C(=O)Nc2ccc(F)c(Cl)c2)cc1COc1ccccc1Cl. The van der Waals surface area contributed by atoms with Crippen LogP contribution in [-0.2, 0) is 6.61 Å². The van der Waals surface area contributed by atoms with E-state index in [1.807, 2.05) is 19.1 Å². The minimum Gasteiger partial charge on any atom is -0.493 e. The van der Waals surface area contributed by atoms with Gasteiger partial charge in [-0.3, -0.25) is 4.79 Å². The summed E-state index contributed by atoms with van der Waals surface area (Å²) < 4.78 is 24.7.